The number of likely N-dealkylation sites (N-methyl/N-ethyl adjacent to an activating group) is 1. The van der Waals surface area contributed by atoms with Crippen molar-refractivity contribution in [1.82, 2.24) is 10.2 Å². The van der Waals surface area contributed by atoms with Crippen LogP contribution < -0.4 is 10.2 Å². The van der Waals surface area contributed by atoms with Gasteiger partial charge in [-0.15, -0.1) is 0 Å². The van der Waals surface area contributed by atoms with E-state index in [0.29, 0.717) is 18.5 Å². The monoisotopic (exact) mass is 379 g/mol. The predicted molar refractivity (Wildman–Crippen MR) is 108 cm³/mol. The number of benzene rings is 2. The van der Waals surface area contributed by atoms with Crippen LogP contribution in [0.25, 0.3) is 0 Å². The first-order valence-corrected chi connectivity index (χ1v) is 9.51. The maximum atomic E-state index is 12.3. The van der Waals surface area contributed by atoms with Crippen molar-refractivity contribution in [3.63, 3.8) is 0 Å². The first-order chi connectivity index (χ1) is 13.5. The number of hydrogen-bond donors (Lipinski definition) is 1. The average Bonchev–Trinajstić information content (AvgIpc) is 2.73. The lowest BCUT2D eigenvalue weighted by atomic mass is 10.1. The highest BCUT2D eigenvalue weighted by Gasteiger charge is 2.20. The fourth-order valence-corrected chi connectivity index (χ4v) is 3.26. The van der Waals surface area contributed by atoms with Crippen LogP contribution in [-0.2, 0) is 16.1 Å². The van der Waals surface area contributed by atoms with Crippen molar-refractivity contribution in [2.75, 3.05) is 25.0 Å². The number of nitrogens with zero attached hydrogens (tertiary/aromatic N) is 2. The van der Waals surface area contributed by atoms with E-state index in [1.807, 2.05) is 30.3 Å². The summed E-state index contributed by atoms with van der Waals surface area (Å²) in [7, 11) is 1.61. The number of rotatable bonds is 6. The van der Waals surface area contributed by atoms with E-state index in [2.05, 4.69) is 5.32 Å². The topological polar surface area (TPSA) is 69.7 Å². The summed E-state index contributed by atoms with van der Waals surface area (Å²) < 4.78 is 0. The molecule has 1 N–H and O–H groups in total. The summed E-state index contributed by atoms with van der Waals surface area (Å²) in [5, 5.41) is 2.84. The molecule has 3 amide bonds. The first kappa shape index (κ1) is 19.6. The molecule has 6 heteroatoms. The van der Waals surface area contributed by atoms with Gasteiger partial charge in [0, 0.05) is 37.8 Å². The number of hydrogen-bond acceptors (Lipinski definition) is 3. The van der Waals surface area contributed by atoms with Gasteiger partial charge in [0.25, 0.3) is 5.91 Å². The Morgan fingerprint density at radius 3 is 2.61 bits per heavy atom. The van der Waals surface area contributed by atoms with Gasteiger partial charge in [0.1, 0.15) is 0 Å². The molecule has 0 aliphatic carbocycles. The van der Waals surface area contributed by atoms with Crippen LogP contribution in [0.2, 0.25) is 0 Å². The highest BCUT2D eigenvalue weighted by molar-refractivity contribution is 5.96. The Kier molecular flexibility index (Phi) is 6.42. The van der Waals surface area contributed by atoms with E-state index in [4.69, 9.17) is 0 Å². The lowest BCUT2D eigenvalue weighted by molar-refractivity contribution is -0.122. The Labute approximate surface area is 165 Å². The van der Waals surface area contributed by atoms with Crippen LogP contribution in [0.4, 0.5) is 5.69 Å². The van der Waals surface area contributed by atoms with Crippen molar-refractivity contribution in [3.8, 4) is 0 Å². The summed E-state index contributed by atoms with van der Waals surface area (Å²) >= 11 is 0. The van der Waals surface area contributed by atoms with Gasteiger partial charge in [-0.2, -0.15) is 0 Å². The van der Waals surface area contributed by atoms with E-state index < -0.39 is 0 Å². The third kappa shape index (κ3) is 4.97. The molecule has 2 aromatic rings. The van der Waals surface area contributed by atoms with Gasteiger partial charge in [0.2, 0.25) is 11.8 Å². The summed E-state index contributed by atoms with van der Waals surface area (Å²) in [5.74, 6) is -0.277. The zero-order valence-electron chi connectivity index (χ0n) is 16.1. The number of amides is 3. The molecular weight excluding hydrogens is 354 g/mol. The highest BCUT2D eigenvalue weighted by atomic mass is 16.2. The van der Waals surface area contributed by atoms with E-state index in [1.54, 1.807) is 36.2 Å². The van der Waals surface area contributed by atoms with Crippen LogP contribution in [0, 0.1) is 0 Å². The number of anilines is 1. The maximum Gasteiger partial charge on any atom is 0.254 e. The van der Waals surface area contributed by atoms with E-state index >= 15 is 0 Å². The molecule has 1 saturated heterocycles. The standard InChI is InChI=1S/C22H25N3O3/c1-24(22(28)18-9-3-2-4-10-18)16-20(26)23-15-17-8-7-11-19(14-17)25-13-6-5-12-21(25)27/h2-4,7-11,14H,5-6,12-13,15-16H2,1H3,(H,23,26). The van der Waals surface area contributed by atoms with Crippen LogP contribution in [0.3, 0.4) is 0 Å². The Hall–Kier alpha value is -3.15. The van der Waals surface area contributed by atoms with Crippen molar-refractivity contribution in [1.29, 1.82) is 0 Å². The molecular formula is C22H25N3O3. The van der Waals surface area contributed by atoms with Crippen LogP contribution in [0.15, 0.2) is 54.6 Å². The Morgan fingerprint density at radius 2 is 1.86 bits per heavy atom. The molecule has 0 unspecified atom stereocenters. The second kappa shape index (κ2) is 9.17. The fraction of sp³-hybridized carbons (Fsp3) is 0.318. The van der Waals surface area contributed by atoms with E-state index in [9.17, 15) is 14.4 Å². The van der Waals surface area contributed by atoms with Crippen molar-refractivity contribution < 1.29 is 14.4 Å². The van der Waals surface area contributed by atoms with Crippen molar-refractivity contribution in [2.24, 2.45) is 0 Å². The van der Waals surface area contributed by atoms with Crippen molar-refractivity contribution in [3.05, 3.63) is 65.7 Å². The molecule has 28 heavy (non-hydrogen) atoms. The van der Waals surface area contributed by atoms with E-state index in [1.165, 1.54) is 4.90 Å². The minimum atomic E-state index is -0.230. The van der Waals surface area contributed by atoms with Gasteiger partial charge >= 0.3 is 0 Å². The quantitative estimate of drug-likeness (QED) is 0.839. The van der Waals surface area contributed by atoms with E-state index in [0.717, 1.165) is 30.6 Å². The fourth-order valence-electron chi connectivity index (χ4n) is 3.26. The molecule has 1 aliphatic rings. The highest BCUT2D eigenvalue weighted by Crippen LogP contribution is 2.21. The van der Waals surface area contributed by atoms with Gasteiger partial charge in [-0.05, 0) is 42.7 Å². The summed E-state index contributed by atoms with van der Waals surface area (Å²) in [6, 6.07) is 16.5. The Morgan fingerprint density at radius 1 is 1.07 bits per heavy atom. The molecule has 1 heterocycles. The molecule has 0 bridgehead atoms. The number of nitrogens with one attached hydrogen (secondary N) is 1. The second-order valence-electron chi connectivity index (χ2n) is 6.98. The summed E-state index contributed by atoms with van der Waals surface area (Å²) in [6.07, 6.45) is 2.54. The van der Waals surface area contributed by atoms with E-state index in [-0.39, 0.29) is 24.3 Å². The molecule has 0 atom stereocenters. The van der Waals surface area contributed by atoms with Gasteiger partial charge in [0.05, 0.1) is 6.54 Å². The average molecular weight is 379 g/mol. The molecule has 1 fully saturated rings. The van der Waals surface area contributed by atoms with Gasteiger partial charge < -0.3 is 15.1 Å². The zero-order valence-corrected chi connectivity index (χ0v) is 16.1. The number of piperidine rings is 1. The molecule has 0 radical (unpaired) electrons. The van der Waals surface area contributed by atoms with Gasteiger partial charge in [-0.1, -0.05) is 30.3 Å². The minimum Gasteiger partial charge on any atom is -0.350 e. The van der Waals surface area contributed by atoms with Gasteiger partial charge in [0.15, 0.2) is 0 Å². The van der Waals surface area contributed by atoms with Crippen LogP contribution in [0.5, 0.6) is 0 Å². The lowest BCUT2D eigenvalue weighted by Crippen LogP contribution is -2.38. The minimum absolute atomic E-state index is 0.0158. The van der Waals surface area contributed by atoms with Crippen molar-refractivity contribution in [2.45, 2.75) is 25.8 Å². The SMILES string of the molecule is CN(CC(=O)NCc1cccc(N2CCCCC2=O)c1)C(=O)c1ccccc1. The normalized spacial score (nSPS) is 13.9. The summed E-state index contributed by atoms with van der Waals surface area (Å²) in [6.45, 7) is 1.07. The lowest BCUT2D eigenvalue weighted by Gasteiger charge is -2.27. The van der Waals surface area contributed by atoms with Gasteiger partial charge in [-0.3, -0.25) is 14.4 Å². The molecule has 0 spiro atoms. The Balaban J connectivity index is 1.54. The molecule has 0 aromatic heterocycles. The summed E-state index contributed by atoms with van der Waals surface area (Å²) in [5.41, 5.74) is 2.34. The molecule has 146 valence electrons. The molecule has 0 saturated carbocycles. The molecule has 2 aromatic carbocycles. The largest absolute Gasteiger partial charge is 0.350 e. The number of carbonyl (C=O) groups is 3. The van der Waals surface area contributed by atoms with Crippen molar-refractivity contribution >= 4 is 23.4 Å². The van der Waals surface area contributed by atoms with Crippen LogP contribution in [-0.4, -0.2) is 42.8 Å². The third-order valence-corrected chi connectivity index (χ3v) is 4.78. The maximum absolute atomic E-state index is 12.3. The Bertz CT molecular complexity index is 851. The number of carbonyl (C=O) groups excluding carboxylic acids is 3. The smallest absolute Gasteiger partial charge is 0.254 e. The van der Waals surface area contributed by atoms with Crippen LogP contribution in [0.1, 0.15) is 35.2 Å². The second-order valence-corrected chi connectivity index (χ2v) is 6.98. The predicted octanol–water partition coefficient (Wildman–Crippen LogP) is 2.59. The zero-order chi connectivity index (χ0) is 19.9. The first-order valence-electron chi connectivity index (χ1n) is 9.51. The molecule has 1 aliphatic heterocycles. The van der Waals surface area contributed by atoms with Gasteiger partial charge in [-0.25, -0.2) is 0 Å². The third-order valence-electron chi connectivity index (χ3n) is 4.78. The van der Waals surface area contributed by atoms with Crippen LogP contribution >= 0.6 is 0 Å². The molecule has 3 rings (SSSR count). The summed E-state index contributed by atoms with van der Waals surface area (Å²) in [4.78, 5) is 39.8. The molecule has 6 nitrogen and oxygen atoms in total.